The van der Waals surface area contributed by atoms with Gasteiger partial charge in [-0.05, 0) is 11.6 Å². The van der Waals surface area contributed by atoms with E-state index in [1.807, 2.05) is 0 Å². The normalized spacial score (nSPS) is 13.9. The fraction of sp³-hybridized carbons (Fsp3) is 0.333. The van der Waals surface area contributed by atoms with Crippen LogP contribution in [0.4, 0.5) is 13.2 Å². The van der Waals surface area contributed by atoms with Gasteiger partial charge in [0.1, 0.15) is 6.10 Å². The van der Waals surface area contributed by atoms with Crippen molar-refractivity contribution in [3.05, 3.63) is 35.4 Å². The summed E-state index contributed by atoms with van der Waals surface area (Å²) in [4.78, 5) is 4.11. The van der Waals surface area contributed by atoms with E-state index in [-0.39, 0.29) is 12.2 Å². The van der Waals surface area contributed by atoms with Gasteiger partial charge in [-0.15, -0.1) is 0 Å². The largest absolute Gasteiger partial charge is 0.416 e. The SMILES string of the molecule is NOCC(O)c1ccccc1C(F)(F)F. The highest BCUT2D eigenvalue weighted by Crippen LogP contribution is 2.34. The molecule has 1 aromatic carbocycles. The summed E-state index contributed by atoms with van der Waals surface area (Å²) in [6, 6.07) is 4.74. The smallest absolute Gasteiger partial charge is 0.386 e. The number of aliphatic hydroxyl groups is 1. The zero-order valence-electron chi connectivity index (χ0n) is 7.66. The summed E-state index contributed by atoms with van der Waals surface area (Å²) in [5.74, 6) is 4.68. The third kappa shape index (κ3) is 2.92. The lowest BCUT2D eigenvalue weighted by Gasteiger charge is -2.16. The van der Waals surface area contributed by atoms with Gasteiger partial charge in [0.15, 0.2) is 0 Å². The first-order valence-corrected chi connectivity index (χ1v) is 4.12. The first-order chi connectivity index (χ1) is 6.96. The number of hydrogen-bond donors (Lipinski definition) is 2. The van der Waals surface area contributed by atoms with E-state index in [2.05, 4.69) is 10.7 Å². The molecular formula is C9H10F3NO2. The van der Waals surface area contributed by atoms with E-state index in [9.17, 15) is 18.3 Å². The number of hydrogen-bond acceptors (Lipinski definition) is 3. The fourth-order valence-electron chi connectivity index (χ4n) is 1.23. The molecule has 3 nitrogen and oxygen atoms in total. The second kappa shape index (κ2) is 4.61. The Morgan fingerprint density at radius 1 is 1.33 bits per heavy atom. The maximum absolute atomic E-state index is 12.5. The van der Waals surface area contributed by atoms with Crippen molar-refractivity contribution < 1.29 is 23.1 Å². The van der Waals surface area contributed by atoms with Crippen LogP contribution < -0.4 is 5.90 Å². The van der Waals surface area contributed by atoms with Crippen molar-refractivity contribution in [1.29, 1.82) is 0 Å². The molecule has 1 rings (SSSR count). The lowest BCUT2D eigenvalue weighted by atomic mass is 10.0. The van der Waals surface area contributed by atoms with Crippen LogP contribution in [0.25, 0.3) is 0 Å². The molecule has 6 heteroatoms. The molecule has 0 aromatic heterocycles. The average molecular weight is 221 g/mol. The van der Waals surface area contributed by atoms with Gasteiger partial charge in [-0.2, -0.15) is 13.2 Å². The molecule has 1 unspecified atom stereocenters. The second-order valence-corrected chi connectivity index (χ2v) is 2.93. The summed E-state index contributed by atoms with van der Waals surface area (Å²) < 4.78 is 37.4. The molecule has 0 saturated heterocycles. The van der Waals surface area contributed by atoms with Gasteiger partial charge in [0.05, 0.1) is 12.2 Å². The van der Waals surface area contributed by atoms with Crippen molar-refractivity contribution >= 4 is 0 Å². The molecule has 0 fully saturated rings. The van der Waals surface area contributed by atoms with Crippen molar-refractivity contribution in [2.45, 2.75) is 12.3 Å². The summed E-state index contributed by atoms with van der Waals surface area (Å²) in [5.41, 5.74) is -1.12. The van der Waals surface area contributed by atoms with Gasteiger partial charge in [0, 0.05) is 0 Å². The Morgan fingerprint density at radius 2 is 1.93 bits per heavy atom. The van der Waals surface area contributed by atoms with E-state index < -0.39 is 17.8 Å². The summed E-state index contributed by atoms with van der Waals surface area (Å²) in [6.07, 6.45) is -5.88. The molecule has 15 heavy (non-hydrogen) atoms. The number of alkyl halides is 3. The molecule has 1 atom stereocenters. The number of nitrogens with two attached hydrogens (primary N) is 1. The molecule has 0 aliphatic rings. The Kier molecular flexibility index (Phi) is 3.67. The minimum atomic E-state index is -4.49. The van der Waals surface area contributed by atoms with E-state index in [0.29, 0.717) is 0 Å². The predicted octanol–water partition coefficient (Wildman–Crippen LogP) is 1.63. The van der Waals surface area contributed by atoms with E-state index in [1.54, 1.807) is 0 Å². The molecule has 0 amide bonds. The Labute approximate surface area is 84.2 Å². The van der Waals surface area contributed by atoms with E-state index in [0.717, 1.165) is 6.07 Å². The molecule has 0 radical (unpaired) electrons. The monoisotopic (exact) mass is 221 g/mol. The minimum absolute atomic E-state index is 0.240. The van der Waals surface area contributed by atoms with Gasteiger partial charge in [0.2, 0.25) is 0 Å². The number of aliphatic hydroxyl groups excluding tert-OH is 1. The first kappa shape index (κ1) is 12.0. The van der Waals surface area contributed by atoms with E-state index in [1.165, 1.54) is 18.2 Å². The predicted molar refractivity (Wildman–Crippen MR) is 46.5 cm³/mol. The molecule has 84 valence electrons. The van der Waals surface area contributed by atoms with Crippen LogP contribution in [-0.4, -0.2) is 11.7 Å². The van der Waals surface area contributed by atoms with Gasteiger partial charge in [-0.1, -0.05) is 18.2 Å². The van der Waals surface area contributed by atoms with Crippen LogP contribution in [0.1, 0.15) is 17.2 Å². The Morgan fingerprint density at radius 3 is 2.47 bits per heavy atom. The van der Waals surface area contributed by atoms with E-state index in [4.69, 9.17) is 0 Å². The van der Waals surface area contributed by atoms with Crippen molar-refractivity contribution in [3.8, 4) is 0 Å². The van der Waals surface area contributed by atoms with Crippen molar-refractivity contribution in [2.75, 3.05) is 6.61 Å². The van der Waals surface area contributed by atoms with Gasteiger partial charge in [0.25, 0.3) is 0 Å². The van der Waals surface area contributed by atoms with Crippen LogP contribution in [0.2, 0.25) is 0 Å². The molecular weight excluding hydrogens is 211 g/mol. The summed E-state index contributed by atoms with van der Waals surface area (Å²) in [7, 11) is 0. The quantitative estimate of drug-likeness (QED) is 0.762. The number of halogens is 3. The van der Waals surface area contributed by atoms with Crippen LogP contribution >= 0.6 is 0 Å². The molecule has 0 heterocycles. The number of benzene rings is 1. The zero-order valence-corrected chi connectivity index (χ0v) is 7.66. The van der Waals surface area contributed by atoms with Gasteiger partial charge < -0.3 is 9.94 Å². The Balaban J connectivity index is 3.06. The third-order valence-electron chi connectivity index (χ3n) is 1.88. The molecule has 1 aromatic rings. The highest BCUT2D eigenvalue weighted by atomic mass is 19.4. The standard InChI is InChI=1S/C9H10F3NO2/c10-9(11,12)7-4-2-1-3-6(7)8(14)5-15-13/h1-4,8,14H,5,13H2. The lowest BCUT2D eigenvalue weighted by Crippen LogP contribution is -2.16. The molecule has 3 N–H and O–H groups in total. The molecule has 0 saturated carbocycles. The minimum Gasteiger partial charge on any atom is -0.386 e. The van der Waals surface area contributed by atoms with Crippen molar-refractivity contribution in [1.82, 2.24) is 0 Å². The molecule has 0 aliphatic heterocycles. The fourth-order valence-corrected chi connectivity index (χ4v) is 1.23. The Bertz CT molecular complexity index is 327. The summed E-state index contributed by atoms with van der Waals surface area (Å²) in [5, 5.41) is 9.36. The zero-order chi connectivity index (χ0) is 11.5. The average Bonchev–Trinajstić information content (AvgIpc) is 2.17. The molecule has 0 bridgehead atoms. The maximum atomic E-state index is 12.5. The maximum Gasteiger partial charge on any atom is 0.416 e. The summed E-state index contributed by atoms with van der Waals surface area (Å²) in [6.45, 7) is -0.382. The lowest BCUT2D eigenvalue weighted by molar-refractivity contribution is -0.139. The van der Waals surface area contributed by atoms with Gasteiger partial charge in [-0.25, -0.2) is 5.90 Å². The Hall–Kier alpha value is -1.11. The van der Waals surface area contributed by atoms with Crippen LogP contribution in [0, 0.1) is 0 Å². The highest BCUT2D eigenvalue weighted by Gasteiger charge is 2.34. The van der Waals surface area contributed by atoms with Gasteiger partial charge in [-0.3, -0.25) is 0 Å². The highest BCUT2D eigenvalue weighted by molar-refractivity contribution is 5.31. The van der Waals surface area contributed by atoms with Crippen LogP contribution in [-0.2, 0) is 11.0 Å². The van der Waals surface area contributed by atoms with E-state index >= 15 is 0 Å². The van der Waals surface area contributed by atoms with Crippen molar-refractivity contribution in [2.24, 2.45) is 5.90 Å². The second-order valence-electron chi connectivity index (χ2n) is 2.93. The summed E-state index contributed by atoms with van der Waals surface area (Å²) >= 11 is 0. The van der Waals surface area contributed by atoms with Crippen molar-refractivity contribution in [3.63, 3.8) is 0 Å². The number of rotatable bonds is 3. The van der Waals surface area contributed by atoms with Crippen LogP contribution in [0.15, 0.2) is 24.3 Å². The first-order valence-electron chi connectivity index (χ1n) is 4.12. The van der Waals surface area contributed by atoms with Gasteiger partial charge >= 0.3 is 6.18 Å². The molecule has 0 spiro atoms. The topological polar surface area (TPSA) is 55.5 Å². The van der Waals surface area contributed by atoms with Crippen LogP contribution in [0.5, 0.6) is 0 Å². The van der Waals surface area contributed by atoms with Crippen LogP contribution in [0.3, 0.4) is 0 Å². The molecule has 0 aliphatic carbocycles. The third-order valence-corrected chi connectivity index (χ3v) is 1.88.